The zero-order valence-corrected chi connectivity index (χ0v) is 10.6. The van der Waals surface area contributed by atoms with Crippen molar-refractivity contribution in [2.45, 2.75) is 12.5 Å². The molecule has 1 aromatic carbocycles. The minimum absolute atomic E-state index is 0.0844. The second-order valence-corrected chi connectivity index (χ2v) is 5.39. The van der Waals surface area contributed by atoms with Crippen LogP contribution in [0.25, 0.3) is 0 Å². The summed E-state index contributed by atoms with van der Waals surface area (Å²) in [6, 6.07) is 12.5. The lowest BCUT2D eigenvalue weighted by molar-refractivity contribution is 0.730. The van der Waals surface area contributed by atoms with Crippen molar-refractivity contribution in [2.24, 2.45) is 5.73 Å². The van der Waals surface area contributed by atoms with E-state index in [4.69, 9.17) is 5.73 Å². The van der Waals surface area contributed by atoms with Crippen LogP contribution >= 0.6 is 27.3 Å². The molecule has 78 valence electrons. The standard InChI is InChI=1S/C12H12BrNS/c13-10-4-1-3-9(7-10)12(14)8-11-5-2-6-15-11/h1-7,12H,8,14H2. The van der Waals surface area contributed by atoms with Gasteiger partial charge in [0.25, 0.3) is 0 Å². The van der Waals surface area contributed by atoms with Crippen LogP contribution in [0.2, 0.25) is 0 Å². The average Bonchev–Trinajstić information content (AvgIpc) is 2.70. The maximum Gasteiger partial charge on any atom is 0.0344 e. The van der Waals surface area contributed by atoms with E-state index in [1.54, 1.807) is 11.3 Å². The number of thiophene rings is 1. The summed E-state index contributed by atoms with van der Waals surface area (Å²) in [6.07, 6.45) is 0.911. The molecular formula is C12H12BrNS. The van der Waals surface area contributed by atoms with Gasteiger partial charge in [0, 0.05) is 21.8 Å². The SMILES string of the molecule is NC(Cc1cccs1)c1cccc(Br)c1. The highest BCUT2D eigenvalue weighted by atomic mass is 79.9. The van der Waals surface area contributed by atoms with Crippen molar-refractivity contribution in [1.29, 1.82) is 0 Å². The number of halogens is 1. The molecule has 1 atom stereocenters. The molecule has 3 heteroatoms. The maximum atomic E-state index is 6.14. The van der Waals surface area contributed by atoms with Gasteiger partial charge in [-0.15, -0.1) is 11.3 Å². The second-order valence-electron chi connectivity index (χ2n) is 3.44. The molecule has 15 heavy (non-hydrogen) atoms. The predicted molar refractivity (Wildman–Crippen MR) is 69.1 cm³/mol. The molecule has 1 heterocycles. The molecule has 2 N–H and O–H groups in total. The van der Waals surface area contributed by atoms with Crippen LogP contribution in [0.1, 0.15) is 16.5 Å². The summed E-state index contributed by atoms with van der Waals surface area (Å²) >= 11 is 5.21. The molecule has 0 amide bonds. The monoisotopic (exact) mass is 281 g/mol. The predicted octanol–water partition coefficient (Wildman–Crippen LogP) is 3.75. The Bertz CT molecular complexity index is 425. The summed E-state index contributed by atoms with van der Waals surface area (Å²) in [4.78, 5) is 1.34. The molecule has 2 rings (SSSR count). The van der Waals surface area contributed by atoms with Crippen molar-refractivity contribution >= 4 is 27.3 Å². The number of hydrogen-bond acceptors (Lipinski definition) is 2. The minimum atomic E-state index is 0.0844. The van der Waals surface area contributed by atoms with E-state index in [9.17, 15) is 0 Å². The summed E-state index contributed by atoms with van der Waals surface area (Å²) < 4.78 is 1.08. The molecule has 0 saturated carbocycles. The van der Waals surface area contributed by atoms with Crippen LogP contribution in [0.3, 0.4) is 0 Å². The summed E-state index contributed by atoms with van der Waals surface area (Å²) in [5.41, 5.74) is 7.32. The van der Waals surface area contributed by atoms with E-state index < -0.39 is 0 Å². The van der Waals surface area contributed by atoms with E-state index in [2.05, 4.69) is 45.6 Å². The molecular weight excluding hydrogens is 270 g/mol. The fourth-order valence-corrected chi connectivity index (χ4v) is 2.68. The van der Waals surface area contributed by atoms with Gasteiger partial charge in [-0.3, -0.25) is 0 Å². The summed E-state index contributed by atoms with van der Waals surface area (Å²) in [5, 5.41) is 2.09. The Hall–Kier alpha value is -0.640. The molecule has 0 aliphatic heterocycles. The molecule has 1 nitrogen and oxygen atoms in total. The third-order valence-corrected chi connectivity index (χ3v) is 3.67. The zero-order valence-electron chi connectivity index (χ0n) is 8.19. The zero-order chi connectivity index (χ0) is 10.7. The quantitative estimate of drug-likeness (QED) is 0.911. The molecule has 0 saturated heterocycles. The first-order valence-electron chi connectivity index (χ1n) is 4.79. The Kier molecular flexibility index (Phi) is 3.57. The van der Waals surface area contributed by atoms with Crippen molar-refractivity contribution in [3.05, 3.63) is 56.7 Å². The molecule has 0 fully saturated rings. The van der Waals surface area contributed by atoms with Crippen molar-refractivity contribution in [2.75, 3.05) is 0 Å². The first kappa shape index (κ1) is 10.9. The third kappa shape index (κ3) is 2.91. The number of benzene rings is 1. The minimum Gasteiger partial charge on any atom is -0.324 e. The van der Waals surface area contributed by atoms with Gasteiger partial charge >= 0.3 is 0 Å². The summed E-state index contributed by atoms with van der Waals surface area (Å²) in [5.74, 6) is 0. The van der Waals surface area contributed by atoms with Gasteiger partial charge in [-0.2, -0.15) is 0 Å². The lowest BCUT2D eigenvalue weighted by atomic mass is 10.0. The average molecular weight is 282 g/mol. The largest absolute Gasteiger partial charge is 0.324 e. The Balaban J connectivity index is 2.11. The molecule has 1 aromatic heterocycles. The van der Waals surface area contributed by atoms with Crippen LogP contribution < -0.4 is 5.73 Å². The number of rotatable bonds is 3. The first-order chi connectivity index (χ1) is 7.25. The molecule has 0 aliphatic carbocycles. The fraction of sp³-hybridized carbons (Fsp3) is 0.167. The van der Waals surface area contributed by atoms with Crippen molar-refractivity contribution in [3.8, 4) is 0 Å². The number of hydrogen-bond donors (Lipinski definition) is 1. The summed E-state index contributed by atoms with van der Waals surface area (Å²) in [6.45, 7) is 0. The Labute approximate surface area is 102 Å². The fourth-order valence-electron chi connectivity index (χ4n) is 1.50. The van der Waals surface area contributed by atoms with Crippen LogP contribution in [0, 0.1) is 0 Å². The molecule has 1 unspecified atom stereocenters. The van der Waals surface area contributed by atoms with Gasteiger partial charge in [0.2, 0.25) is 0 Å². The summed E-state index contributed by atoms with van der Waals surface area (Å²) in [7, 11) is 0. The van der Waals surface area contributed by atoms with Crippen molar-refractivity contribution in [3.63, 3.8) is 0 Å². The number of nitrogens with two attached hydrogens (primary N) is 1. The highest BCUT2D eigenvalue weighted by Gasteiger charge is 2.07. The second kappa shape index (κ2) is 4.92. The normalized spacial score (nSPS) is 12.7. The van der Waals surface area contributed by atoms with E-state index >= 15 is 0 Å². The van der Waals surface area contributed by atoms with Crippen LogP contribution in [-0.4, -0.2) is 0 Å². The van der Waals surface area contributed by atoms with E-state index in [1.807, 2.05) is 12.1 Å². The van der Waals surface area contributed by atoms with Gasteiger partial charge < -0.3 is 5.73 Å². The first-order valence-corrected chi connectivity index (χ1v) is 6.46. The van der Waals surface area contributed by atoms with Gasteiger partial charge in [-0.05, 0) is 29.1 Å². The Morgan fingerprint density at radius 3 is 2.80 bits per heavy atom. The molecule has 0 radical (unpaired) electrons. The van der Waals surface area contributed by atoms with Crippen LogP contribution in [0.4, 0.5) is 0 Å². The van der Waals surface area contributed by atoms with Crippen molar-refractivity contribution < 1.29 is 0 Å². The van der Waals surface area contributed by atoms with Crippen molar-refractivity contribution in [1.82, 2.24) is 0 Å². The molecule has 2 aromatic rings. The van der Waals surface area contributed by atoms with Crippen LogP contribution in [-0.2, 0) is 6.42 Å². The maximum absolute atomic E-state index is 6.14. The highest BCUT2D eigenvalue weighted by Crippen LogP contribution is 2.21. The topological polar surface area (TPSA) is 26.0 Å². The van der Waals surface area contributed by atoms with E-state index in [1.165, 1.54) is 10.4 Å². The third-order valence-electron chi connectivity index (χ3n) is 2.28. The van der Waals surface area contributed by atoms with Crippen LogP contribution in [0.15, 0.2) is 46.3 Å². The van der Waals surface area contributed by atoms with Gasteiger partial charge in [-0.25, -0.2) is 0 Å². The van der Waals surface area contributed by atoms with Gasteiger partial charge in [0.05, 0.1) is 0 Å². The van der Waals surface area contributed by atoms with Gasteiger partial charge in [-0.1, -0.05) is 34.1 Å². The molecule has 0 aliphatic rings. The van der Waals surface area contributed by atoms with Gasteiger partial charge in [0.15, 0.2) is 0 Å². The van der Waals surface area contributed by atoms with E-state index in [0.29, 0.717) is 0 Å². The van der Waals surface area contributed by atoms with Gasteiger partial charge in [0.1, 0.15) is 0 Å². The highest BCUT2D eigenvalue weighted by molar-refractivity contribution is 9.10. The van der Waals surface area contributed by atoms with E-state index in [-0.39, 0.29) is 6.04 Å². The Morgan fingerprint density at radius 2 is 2.13 bits per heavy atom. The molecule has 0 spiro atoms. The smallest absolute Gasteiger partial charge is 0.0344 e. The lowest BCUT2D eigenvalue weighted by Gasteiger charge is -2.10. The van der Waals surface area contributed by atoms with E-state index in [0.717, 1.165) is 10.9 Å². The van der Waals surface area contributed by atoms with Crippen LogP contribution in [0.5, 0.6) is 0 Å². The lowest BCUT2D eigenvalue weighted by Crippen LogP contribution is -2.12. The molecule has 0 bridgehead atoms. The Morgan fingerprint density at radius 1 is 1.27 bits per heavy atom.